The highest BCUT2D eigenvalue weighted by atomic mass is 32.2. The molecule has 182 valence electrons. The smallest absolute Gasteiger partial charge is 0.286 e. The van der Waals surface area contributed by atoms with E-state index in [1.165, 1.54) is 11.1 Å². The summed E-state index contributed by atoms with van der Waals surface area (Å²) in [6.07, 6.45) is 0.528. The number of nitrogens with one attached hydrogen (secondary N) is 2. The van der Waals surface area contributed by atoms with Crippen molar-refractivity contribution in [1.82, 2.24) is 10.3 Å². The second-order valence-electron chi connectivity index (χ2n) is 8.54. The quantitative estimate of drug-likeness (QED) is 0.404. The predicted octanol–water partition coefficient (Wildman–Crippen LogP) is 4.55. The van der Waals surface area contributed by atoms with Crippen LogP contribution in [-0.4, -0.2) is 39.7 Å². The first-order valence-electron chi connectivity index (χ1n) is 11.5. The number of amides is 2. The second-order valence-corrected chi connectivity index (χ2v) is 9.71. The van der Waals surface area contributed by atoms with Crippen molar-refractivity contribution in [2.75, 3.05) is 18.5 Å². The molecule has 0 bridgehead atoms. The molecule has 1 aliphatic rings. The molecule has 8 heteroatoms. The molecule has 7 nitrogen and oxygen atoms in total. The van der Waals surface area contributed by atoms with E-state index in [9.17, 15) is 9.59 Å². The van der Waals surface area contributed by atoms with Crippen LogP contribution in [0.5, 0.6) is 5.88 Å². The lowest BCUT2D eigenvalue weighted by Gasteiger charge is -2.17. The lowest BCUT2D eigenvalue weighted by atomic mass is 9.92. The summed E-state index contributed by atoms with van der Waals surface area (Å²) in [5.41, 5.74) is 8.56. The van der Waals surface area contributed by atoms with Crippen LogP contribution in [0.25, 0.3) is 11.1 Å². The summed E-state index contributed by atoms with van der Waals surface area (Å²) in [7, 11) is 0. The van der Waals surface area contributed by atoms with Crippen molar-refractivity contribution in [3.8, 4) is 17.0 Å². The van der Waals surface area contributed by atoms with Crippen molar-refractivity contribution >= 4 is 28.6 Å². The predicted molar refractivity (Wildman–Crippen MR) is 139 cm³/mol. The Balaban J connectivity index is 1.45. The molecular weight excluding hydrogens is 462 g/mol. The average Bonchev–Trinajstić information content (AvgIpc) is 3.14. The molecule has 0 saturated carbocycles. The second kappa shape index (κ2) is 10.9. The van der Waals surface area contributed by atoms with Crippen molar-refractivity contribution < 1.29 is 19.4 Å². The number of carbonyl (C=O) groups excluding carboxylic acids is 2. The highest BCUT2D eigenvalue weighted by molar-refractivity contribution is 8.15. The molecular formula is C27H29N3O4S. The molecule has 4 rings (SSSR count). The van der Waals surface area contributed by atoms with Crippen molar-refractivity contribution in [3.63, 3.8) is 0 Å². The lowest BCUT2D eigenvalue weighted by molar-refractivity contribution is -0.118. The maximum absolute atomic E-state index is 11.8. The highest BCUT2D eigenvalue weighted by Crippen LogP contribution is 2.33. The van der Waals surface area contributed by atoms with Crippen LogP contribution in [0, 0.1) is 20.8 Å². The minimum absolute atomic E-state index is 0.0455. The van der Waals surface area contributed by atoms with Gasteiger partial charge in [-0.3, -0.25) is 14.9 Å². The van der Waals surface area contributed by atoms with Gasteiger partial charge in [0.05, 0.1) is 11.9 Å². The number of hydrogen-bond donors (Lipinski definition) is 3. The number of aryl methyl sites for hydroxylation is 2. The summed E-state index contributed by atoms with van der Waals surface area (Å²) in [4.78, 5) is 27.7. The van der Waals surface area contributed by atoms with Crippen LogP contribution in [0.4, 0.5) is 10.5 Å². The topological polar surface area (TPSA) is 101 Å². The average molecular weight is 492 g/mol. The Kier molecular flexibility index (Phi) is 7.73. The number of ether oxygens (including phenoxy) is 1. The third kappa shape index (κ3) is 5.83. The molecule has 0 radical (unpaired) electrons. The van der Waals surface area contributed by atoms with E-state index in [1.54, 1.807) is 0 Å². The Morgan fingerprint density at radius 2 is 1.89 bits per heavy atom. The van der Waals surface area contributed by atoms with E-state index < -0.39 is 0 Å². The number of anilines is 1. The zero-order chi connectivity index (χ0) is 24.9. The molecule has 1 saturated heterocycles. The molecule has 1 aromatic heterocycles. The monoisotopic (exact) mass is 491 g/mol. The number of benzene rings is 2. The van der Waals surface area contributed by atoms with Crippen LogP contribution in [0.2, 0.25) is 0 Å². The molecule has 3 N–H and O–H groups in total. The number of nitrogens with zero attached hydrogens (tertiary/aromatic N) is 1. The van der Waals surface area contributed by atoms with Crippen LogP contribution in [-0.2, 0) is 17.8 Å². The van der Waals surface area contributed by atoms with Crippen molar-refractivity contribution in [2.24, 2.45) is 0 Å². The van der Waals surface area contributed by atoms with Gasteiger partial charge in [-0.05, 0) is 67.1 Å². The minimum Gasteiger partial charge on any atom is -0.475 e. The van der Waals surface area contributed by atoms with E-state index in [4.69, 9.17) is 9.84 Å². The fourth-order valence-electron chi connectivity index (χ4n) is 4.27. The van der Waals surface area contributed by atoms with Crippen LogP contribution < -0.4 is 15.4 Å². The van der Waals surface area contributed by atoms with Crippen LogP contribution in [0.1, 0.15) is 27.9 Å². The van der Waals surface area contributed by atoms with Gasteiger partial charge in [0.1, 0.15) is 6.61 Å². The van der Waals surface area contributed by atoms with E-state index in [1.807, 2.05) is 44.2 Å². The zero-order valence-electron chi connectivity index (χ0n) is 20.1. The molecule has 2 aromatic carbocycles. The standard InChI is InChI=1S/C27H29N3O4S/c1-16-13-24(34-12-11-31)29-18(3)25(16)22-6-4-5-20(17(22)2)15-28-21-9-7-19(8-10-21)14-23-26(32)30-27(33)35-23/h4-10,13,23,28,31H,11-12,14-15H2,1-3H3,(H,30,32,33). The molecule has 3 aromatic rings. The van der Waals surface area contributed by atoms with Gasteiger partial charge in [0, 0.05) is 29.6 Å². The molecule has 0 spiro atoms. The van der Waals surface area contributed by atoms with Crippen molar-refractivity contribution in [2.45, 2.75) is 39.0 Å². The van der Waals surface area contributed by atoms with Crippen LogP contribution in [0.3, 0.4) is 0 Å². The molecule has 2 heterocycles. The van der Waals surface area contributed by atoms with Crippen molar-refractivity contribution in [1.29, 1.82) is 0 Å². The molecule has 0 aliphatic carbocycles. The summed E-state index contributed by atoms with van der Waals surface area (Å²) in [6, 6.07) is 16.2. The van der Waals surface area contributed by atoms with Gasteiger partial charge in [0.15, 0.2) is 0 Å². The Bertz CT molecular complexity index is 1220. The number of pyridine rings is 1. The third-order valence-electron chi connectivity index (χ3n) is 6.06. The maximum atomic E-state index is 11.8. The maximum Gasteiger partial charge on any atom is 0.286 e. The Labute approximate surface area is 209 Å². The summed E-state index contributed by atoms with van der Waals surface area (Å²) >= 11 is 1.05. The number of rotatable bonds is 9. The Morgan fingerprint density at radius 3 is 2.54 bits per heavy atom. The Hall–Kier alpha value is -3.36. The van der Waals surface area contributed by atoms with Crippen molar-refractivity contribution in [3.05, 3.63) is 76.5 Å². The molecule has 2 amide bonds. The number of carbonyl (C=O) groups is 2. The first kappa shape index (κ1) is 24.8. The summed E-state index contributed by atoms with van der Waals surface area (Å²) < 4.78 is 5.50. The van der Waals surface area contributed by atoms with Crippen LogP contribution >= 0.6 is 11.8 Å². The fourth-order valence-corrected chi connectivity index (χ4v) is 5.13. The SMILES string of the molecule is Cc1cc(OCCO)nc(C)c1-c1cccc(CNc2ccc(CC3SC(=O)NC3=O)cc2)c1C. The third-order valence-corrected chi connectivity index (χ3v) is 7.04. The normalized spacial score (nSPS) is 15.3. The molecule has 1 fully saturated rings. The molecule has 35 heavy (non-hydrogen) atoms. The molecule has 1 aliphatic heterocycles. The number of aromatic nitrogens is 1. The van der Waals surface area contributed by atoms with E-state index >= 15 is 0 Å². The van der Waals surface area contributed by atoms with E-state index in [0.29, 0.717) is 18.8 Å². The van der Waals surface area contributed by atoms with Gasteiger partial charge in [-0.2, -0.15) is 0 Å². The van der Waals surface area contributed by atoms with Gasteiger partial charge in [-0.25, -0.2) is 4.98 Å². The molecule has 1 atom stereocenters. The summed E-state index contributed by atoms with van der Waals surface area (Å²) in [5, 5.41) is 14.2. The summed E-state index contributed by atoms with van der Waals surface area (Å²) in [6.45, 7) is 6.99. The van der Waals surface area contributed by atoms with Gasteiger partial charge >= 0.3 is 0 Å². The van der Waals surface area contributed by atoms with Gasteiger partial charge in [0.25, 0.3) is 5.24 Å². The molecule has 1 unspecified atom stereocenters. The first-order chi connectivity index (χ1) is 16.9. The van der Waals surface area contributed by atoms with E-state index in [0.717, 1.165) is 45.4 Å². The zero-order valence-corrected chi connectivity index (χ0v) is 20.9. The largest absolute Gasteiger partial charge is 0.475 e. The van der Waals surface area contributed by atoms with Gasteiger partial charge in [-0.15, -0.1) is 0 Å². The first-order valence-corrected chi connectivity index (χ1v) is 12.4. The number of aliphatic hydroxyl groups is 1. The Morgan fingerprint density at radius 1 is 1.11 bits per heavy atom. The van der Waals surface area contributed by atoms with Gasteiger partial charge < -0.3 is 15.2 Å². The number of thioether (sulfide) groups is 1. The van der Waals surface area contributed by atoms with E-state index in [2.05, 4.69) is 40.7 Å². The van der Waals surface area contributed by atoms with Gasteiger partial charge in [-0.1, -0.05) is 42.1 Å². The lowest BCUT2D eigenvalue weighted by Crippen LogP contribution is -2.25. The van der Waals surface area contributed by atoms with E-state index in [-0.39, 0.29) is 29.6 Å². The van der Waals surface area contributed by atoms with Gasteiger partial charge in [0.2, 0.25) is 11.8 Å². The fraction of sp³-hybridized carbons (Fsp3) is 0.296. The number of aliphatic hydroxyl groups excluding tert-OH is 1. The number of imide groups is 1. The summed E-state index contributed by atoms with van der Waals surface area (Å²) in [5.74, 6) is 0.307. The minimum atomic E-state index is -0.358. The van der Waals surface area contributed by atoms with Crippen LogP contribution in [0.15, 0.2) is 48.5 Å². The highest BCUT2D eigenvalue weighted by Gasteiger charge is 2.31. The number of hydrogen-bond acceptors (Lipinski definition) is 7.